The van der Waals surface area contributed by atoms with E-state index in [4.69, 9.17) is 6.42 Å². The van der Waals surface area contributed by atoms with E-state index in [0.717, 1.165) is 0 Å². The number of H-pyrrole nitrogens is 1. The van der Waals surface area contributed by atoms with E-state index in [1.807, 2.05) is 0 Å². The largest absolute Gasteiger partial charge is 0.301 e. The summed E-state index contributed by atoms with van der Waals surface area (Å²) in [7, 11) is 0. The van der Waals surface area contributed by atoms with Crippen molar-refractivity contribution in [2.24, 2.45) is 5.92 Å². The molecule has 1 amide bonds. The second kappa shape index (κ2) is 4.63. The smallest absolute Gasteiger partial charge is 0.253 e. The van der Waals surface area contributed by atoms with Gasteiger partial charge in [0, 0.05) is 24.9 Å². The number of carbonyl (C=O) groups excluding carboxylic acids is 1. The molecule has 1 saturated heterocycles. The Bertz CT molecular complexity index is 546. The number of amides is 1. The maximum absolute atomic E-state index is 11.7. The molecular weight excluding hydrogens is 238 g/mol. The van der Waals surface area contributed by atoms with Gasteiger partial charge in [-0.3, -0.25) is 14.5 Å². The maximum atomic E-state index is 11.7. The minimum absolute atomic E-state index is 0.0851. The monoisotopic (exact) mass is 249 g/mol. The molecule has 2 heterocycles. The van der Waals surface area contributed by atoms with Crippen LogP contribution in [0, 0.1) is 18.3 Å². The van der Waals surface area contributed by atoms with Crippen molar-refractivity contribution in [3.63, 3.8) is 0 Å². The SMILES string of the molecule is C#CC1CC(=O)N(c2cc(=O)[nH]c(SC)n2)C1. The van der Waals surface area contributed by atoms with Crippen molar-refractivity contribution in [1.29, 1.82) is 0 Å². The van der Waals surface area contributed by atoms with Gasteiger partial charge in [-0.25, -0.2) is 4.98 Å². The van der Waals surface area contributed by atoms with Crippen LogP contribution in [0.15, 0.2) is 16.0 Å². The van der Waals surface area contributed by atoms with Gasteiger partial charge in [-0.2, -0.15) is 0 Å². The lowest BCUT2D eigenvalue weighted by Gasteiger charge is -2.14. The topological polar surface area (TPSA) is 66.1 Å². The number of aromatic amines is 1. The highest BCUT2D eigenvalue weighted by Gasteiger charge is 2.30. The van der Waals surface area contributed by atoms with E-state index in [1.54, 1.807) is 6.26 Å². The van der Waals surface area contributed by atoms with Gasteiger partial charge in [0.15, 0.2) is 5.16 Å². The molecule has 1 aliphatic rings. The van der Waals surface area contributed by atoms with E-state index >= 15 is 0 Å². The van der Waals surface area contributed by atoms with Gasteiger partial charge >= 0.3 is 0 Å². The fourth-order valence-electron chi connectivity index (χ4n) is 1.70. The molecule has 1 aliphatic heterocycles. The molecule has 1 aromatic rings. The first-order valence-corrected chi connectivity index (χ1v) is 6.28. The van der Waals surface area contributed by atoms with Crippen molar-refractivity contribution in [2.75, 3.05) is 17.7 Å². The number of hydrogen-bond donors (Lipinski definition) is 1. The predicted octanol–water partition coefficient (Wildman–Crippen LogP) is 0.478. The number of anilines is 1. The lowest BCUT2D eigenvalue weighted by molar-refractivity contribution is -0.117. The third-order valence-electron chi connectivity index (χ3n) is 2.54. The van der Waals surface area contributed by atoms with Gasteiger partial charge in [0.2, 0.25) is 5.91 Å². The van der Waals surface area contributed by atoms with Crippen molar-refractivity contribution in [3.05, 3.63) is 16.4 Å². The molecule has 1 aromatic heterocycles. The van der Waals surface area contributed by atoms with Gasteiger partial charge in [0.25, 0.3) is 5.56 Å². The third kappa shape index (κ3) is 2.34. The minimum atomic E-state index is -0.267. The molecule has 1 fully saturated rings. The molecule has 1 atom stereocenters. The molecule has 1 N–H and O–H groups in total. The predicted molar refractivity (Wildman–Crippen MR) is 65.9 cm³/mol. The van der Waals surface area contributed by atoms with Gasteiger partial charge in [0.05, 0.1) is 0 Å². The van der Waals surface area contributed by atoms with Crippen LogP contribution in [0.5, 0.6) is 0 Å². The highest BCUT2D eigenvalue weighted by atomic mass is 32.2. The van der Waals surface area contributed by atoms with Crippen LogP contribution < -0.4 is 10.5 Å². The van der Waals surface area contributed by atoms with E-state index in [9.17, 15) is 9.59 Å². The molecule has 17 heavy (non-hydrogen) atoms. The first-order valence-electron chi connectivity index (χ1n) is 5.06. The molecule has 5 nitrogen and oxygen atoms in total. The summed E-state index contributed by atoms with van der Waals surface area (Å²) >= 11 is 1.32. The molecule has 0 spiro atoms. The van der Waals surface area contributed by atoms with Crippen molar-refractivity contribution in [1.82, 2.24) is 9.97 Å². The third-order valence-corrected chi connectivity index (χ3v) is 3.12. The Kier molecular flexibility index (Phi) is 3.20. The second-order valence-electron chi connectivity index (χ2n) is 3.68. The van der Waals surface area contributed by atoms with Crippen LogP contribution in [-0.2, 0) is 4.79 Å². The van der Waals surface area contributed by atoms with Crippen molar-refractivity contribution in [3.8, 4) is 12.3 Å². The van der Waals surface area contributed by atoms with Crippen molar-refractivity contribution >= 4 is 23.5 Å². The molecular formula is C11H11N3O2S. The van der Waals surface area contributed by atoms with E-state index in [0.29, 0.717) is 23.9 Å². The summed E-state index contributed by atoms with van der Waals surface area (Å²) in [4.78, 5) is 31.4. The van der Waals surface area contributed by atoms with Crippen LogP contribution in [-0.4, -0.2) is 28.7 Å². The van der Waals surface area contributed by atoms with Gasteiger partial charge in [-0.1, -0.05) is 11.8 Å². The van der Waals surface area contributed by atoms with Crippen LogP contribution in [0.3, 0.4) is 0 Å². The van der Waals surface area contributed by atoms with E-state index in [1.165, 1.54) is 22.7 Å². The average molecular weight is 249 g/mol. The van der Waals surface area contributed by atoms with Gasteiger partial charge in [-0.15, -0.1) is 12.3 Å². The Morgan fingerprint density at radius 1 is 1.65 bits per heavy atom. The lowest BCUT2D eigenvalue weighted by Crippen LogP contribution is -2.27. The molecule has 0 aromatic carbocycles. The molecule has 1 unspecified atom stereocenters. The van der Waals surface area contributed by atoms with Crippen molar-refractivity contribution in [2.45, 2.75) is 11.6 Å². The molecule has 6 heteroatoms. The summed E-state index contributed by atoms with van der Waals surface area (Å²) in [6.45, 7) is 0.430. The van der Waals surface area contributed by atoms with E-state index < -0.39 is 0 Å². The summed E-state index contributed by atoms with van der Waals surface area (Å²) in [6.07, 6.45) is 7.42. The summed E-state index contributed by atoms with van der Waals surface area (Å²) in [5.41, 5.74) is -0.267. The van der Waals surface area contributed by atoms with Crippen LogP contribution in [0.1, 0.15) is 6.42 Å². The number of nitrogens with one attached hydrogen (secondary N) is 1. The first kappa shape index (κ1) is 11.7. The Balaban J connectivity index is 2.35. The van der Waals surface area contributed by atoms with Crippen LogP contribution >= 0.6 is 11.8 Å². The number of hydrogen-bond acceptors (Lipinski definition) is 4. The quantitative estimate of drug-likeness (QED) is 0.470. The van der Waals surface area contributed by atoms with Crippen LogP contribution in [0.2, 0.25) is 0 Å². The molecule has 88 valence electrons. The normalized spacial score (nSPS) is 19.4. The Hall–Kier alpha value is -1.74. The Morgan fingerprint density at radius 3 is 3.00 bits per heavy atom. The Morgan fingerprint density at radius 2 is 2.41 bits per heavy atom. The Labute approximate surface area is 103 Å². The zero-order valence-corrected chi connectivity index (χ0v) is 10.1. The van der Waals surface area contributed by atoms with Crippen LogP contribution in [0.4, 0.5) is 5.82 Å². The number of nitrogens with zero attached hydrogens (tertiary/aromatic N) is 2. The number of rotatable bonds is 2. The lowest BCUT2D eigenvalue weighted by atomic mass is 10.1. The highest BCUT2D eigenvalue weighted by molar-refractivity contribution is 7.98. The number of thioether (sulfide) groups is 1. The molecule has 0 radical (unpaired) electrons. The fourth-order valence-corrected chi connectivity index (χ4v) is 2.09. The summed E-state index contributed by atoms with van der Waals surface area (Å²) in [6, 6.07) is 1.32. The first-order chi connectivity index (χ1) is 8.13. The number of carbonyl (C=O) groups is 1. The highest BCUT2D eigenvalue weighted by Crippen LogP contribution is 2.22. The molecule has 0 saturated carbocycles. The van der Waals surface area contributed by atoms with Gasteiger partial charge < -0.3 is 4.98 Å². The van der Waals surface area contributed by atoms with E-state index in [-0.39, 0.29) is 17.4 Å². The minimum Gasteiger partial charge on any atom is -0.301 e. The van der Waals surface area contributed by atoms with E-state index in [2.05, 4.69) is 15.9 Å². The summed E-state index contributed by atoms with van der Waals surface area (Å²) in [5.74, 6) is 2.75. The second-order valence-corrected chi connectivity index (χ2v) is 4.48. The summed E-state index contributed by atoms with van der Waals surface area (Å²) < 4.78 is 0. The average Bonchev–Trinajstić information content (AvgIpc) is 2.69. The van der Waals surface area contributed by atoms with Gasteiger partial charge in [0.1, 0.15) is 5.82 Å². The van der Waals surface area contributed by atoms with Crippen molar-refractivity contribution < 1.29 is 4.79 Å². The van der Waals surface area contributed by atoms with Crippen LogP contribution in [0.25, 0.3) is 0 Å². The molecule has 2 rings (SSSR count). The maximum Gasteiger partial charge on any atom is 0.253 e. The number of terminal acetylenes is 1. The molecule has 0 aliphatic carbocycles. The molecule has 0 bridgehead atoms. The zero-order chi connectivity index (χ0) is 12.4. The standard InChI is InChI=1S/C11H11N3O2S/c1-3-7-4-10(16)14(6-7)8-5-9(15)13-11(12-8)17-2/h1,5,7H,4,6H2,2H3,(H,12,13,15). The fraction of sp³-hybridized carbons (Fsp3) is 0.364. The zero-order valence-electron chi connectivity index (χ0n) is 9.27. The summed E-state index contributed by atoms with van der Waals surface area (Å²) in [5, 5.41) is 0.490. The number of aromatic nitrogens is 2. The van der Waals surface area contributed by atoms with Gasteiger partial charge in [-0.05, 0) is 6.26 Å².